The topological polar surface area (TPSA) is 69.2 Å². The molecule has 1 fully saturated rings. The number of nitrogens with zero attached hydrogens (tertiary/aromatic N) is 1. The zero-order chi connectivity index (χ0) is 19.2. The predicted molar refractivity (Wildman–Crippen MR) is 104 cm³/mol. The molecule has 0 aliphatic heterocycles. The molecule has 1 aliphatic rings. The van der Waals surface area contributed by atoms with Gasteiger partial charge in [0.1, 0.15) is 13.7 Å². The zero-order valence-corrected chi connectivity index (χ0v) is 16.3. The molecule has 3 rings (SSSR count). The molecule has 1 heterocycles. The van der Waals surface area contributed by atoms with E-state index in [-0.39, 0.29) is 12.3 Å². The lowest BCUT2D eigenvalue weighted by atomic mass is 10.0. The number of oxime groups is 1. The maximum Gasteiger partial charge on any atom is 0.360 e. The number of hydrogen-bond donors (Lipinski definition) is 1. The molecule has 0 unspecified atom stereocenters. The van der Waals surface area contributed by atoms with E-state index in [0.29, 0.717) is 11.5 Å². The van der Waals surface area contributed by atoms with Crippen LogP contribution in [0.3, 0.4) is 0 Å². The number of nitrogens with one attached hydrogen (secondary N) is 1. The Balaban J connectivity index is 1.65. The van der Waals surface area contributed by atoms with Crippen molar-refractivity contribution in [1.29, 1.82) is 0 Å². The number of hydroxylamine groups is 1. The Labute approximate surface area is 162 Å². The summed E-state index contributed by atoms with van der Waals surface area (Å²) >= 11 is 1.78. The molecule has 1 atom stereocenters. The van der Waals surface area contributed by atoms with Gasteiger partial charge in [0.15, 0.2) is 5.71 Å². The second-order valence-electron chi connectivity index (χ2n) is 6.08. The molecule has 0 amide bonds. The van der Waals surface area contributed by atoms with E-state index >= 15 is 0 Å². The summed E-state index contributed by atoms with van der Waals surface area (Å²) in [5.74, 6) is -0.0551. The number of rotatable bonds is 8. The van der Waals surface area contributed by atoms with Crippen LogP contribution in [-0.2, 0) is 25.8 Å². The molecule has 0 spiro atoms. The fourth-order valence-corrected chi connectivity index (χ4v) is 3.75. The lowest BCUT2D eigenvalue weighted by Crippen LogP contribution is -2.20. The average Bonchev–Trinajstić information content (AvgIpc) is 3.31. The van der Waals surface area contributed by atoms with Crippen molar-refractivity contribution in [3.8, 4) is 0 Å². The standard InChI is InChI=1S/C20H22N2O4S/c1-13(16-11-17(16)18-9-6-10-27-18)21-26-12-14-7-4-5-8-15(14)19(22-25-3)20(23)24-2/h4-10,17,21H,11-12H2,1-3H3/t17-/m1/s1. The SMILES string of the molecule is CON=C(C(=O)OC)c1ccccc1CONC(C)=C1C[C@H]1c1cccs1. The number of hydrogen-bond acceptors (Lipinski definition) is 7. The van der Waals surface area contributed by atoms with E-state index in [4.69, 9.17) is 14.4 Å². The van der Waals surface area contributed by atoms with Gasteiger partial charge >= 0.3 is 5.97 Å². The molecule has 1 aromatic carbocycles. The molecule has 0 radical (unpaired) electrons. The molecular weight excluding hydrogens is 364 g/mol. The molecule has 6 nitrogen and oxygen atoms in total. The number of esters is 1. The number of carbonyl (C=O) groups is 1. The second-order valence-corrected chi connectivity index (χ2v) is 7.06. The van der Waals surface area contributed by atoms with Gasteiger partial charge in [0.2, 0.25) is 0 Å². The summed E-state index contributed by atoms with van der Waals surface area (Å²) in [6.45, 7) is 2.28. The molecule has 0 bridgehead atoms. The summed E-state index contributed by atoms with van der Waals surface area (Å²) in [6, 6.07) is 11.6. The lowest BCUT2D eigenvalue weighted by molar-refractivity contribution is -0.132. The molecule has 27 heavy (non-hydrogen) atoms. The van der Waals surface area contributed by atoms with Crippen molar-refractivity contribution in [3.63, 3.8) is 0 Å². The fourth-order valence-electron chi connectivity index (χ4n) is 2.89. The van der Waals surface area contributed by atoms with E-state index in [1.807, 2.05) is 25.1 Å². The van der Waals surface area contributed by atoms with Gasteiger partial charge in [-0.3, -0.25) is 10.3 Å². The van der Waals surface area contributed by atoms with Crippen LogP contribution in [0.1, 0.15) is 35.3 Å². The third-order valence-corrected chi connectivity index (χ3v) is 5.33. The first-order valence-electron chi connectivity index (χ1n) is 8.54. The van der Waals surface area contributed by atoms with Gasteiger partial charge < -0.3 is 9.57 Å². The van der Waals surface area contributed by atoms with Gasteiger partial charge in [0, 0.05) is 22.1 Å². The molecule has 2 aromatic rings. The van der Waals surface area contributed by atoms with Gasteiger partial charge in [-0.25, -0.2) is 4.79 Å². The first kappa shape index (κ1) is 19.1. The highest BCUT2D eigenvalue weighted by molar-refractivity contribution is 7.10. The monoisotopic (exact) mass is 386 g/mol. The first-order chi connectivity index (χ1) is 13.2. The van der Waals surface area contributed by atoms with Crippen LogP contribution in [-0.4, -0.2) is 25.9 Å². The molecule has 1 N–H and O–H groups in total. The normalized spacial score (nSPS) is 18.0. The van der Waals surface area contributed by atoms with Crippen LogP contribution < -0.4 is 5.48 Å². The maximum atomic E-state index is 12.0. The number of methoxy groups -OCH3 is 1. The molecule has 0 saturated heterocycles. The van der Waals surface area contributed by atoms with Gasteiger partial charge in [-0.05, 0) is 35.9 Å². The van der Waals surface area contributed by atoms with E-state index in [1.54, 1.807) is 17.4 Å². The van der Waals surface area contributed by atoms with Gasteiger partial charge in [0.25, 0.3) is 0 Å². The van der Waals surface area contributed by atoms with Crippen molar-refractivity contribution < 1.29 is 19.2 Å². The summed E-state index contributed by atoms with van der Waals surface area (Å²) in [5.41, 5.74) is 6.94. The minimum absolute atomic E-state index is 0.106. The number of thiophene rings is 1. The molecular formula is C20H22N2O4S. The number of benzene rings is 1. The minimum Gasteiger partial charge on any atom is -0.464 e. The summed E-state index contributed by atoms with van der Waals surface area (Å²) < 4.78 is 4.79. The van der Waals surface area contributed by atoms with E-state index < -0.39 is 5.97 Å². The van der Waals surface area contributed by atoms with Crippen LogP contribution in [0.2, 0.25) is 0 Å². The van der Waals surface area contributed by atoms with Crippen molar-refractivity contribution in [2.75, 3.05) is 14.2 Å². The number of ether oxygens (including phenoxy) is 1. The third-order valence-electron chi connectivity index (χ3n) is 4.34. The largest absolute Gasteiger partial charge is 0.464 e. The van der Waals surface area contributed by atoms with E-state index in [0.717, 1.165) is 17.7 Å². The zero-order valence-electron chi connectivity index (χ0n) is 15.5. The van der Waals surface area contributed by atoms with Crippen LogP contribution >= 0.6 is 11.3 Å². The smallest absolute Gasteiger partial charge is 0.360 e. The molecule has 1 aliphatic carbocycles. The summed E-state index contributed by atoms with van der Waals surface area (Å²) in [4.78, 5) is 23.8. The Hall–Kier alpha value is -2.64. The van der Waals surface area contributed by atoms with E-state index in [1.165, 1.54) is 24.7 Å². The molecule has 7 heteroatoms. The average molecular weight is 386 g/mol. The highest BCUT2D eigenvalue weighted by atomic mass is 32.1. The Morgan fingerprint density at radius 2 is 2.07 bits per heavy atom. The summed E-state index contributed by atoms with van der Waals surface area (Å²) in [5, 5.41) is 5.90. The van der Waals surface area contributed by atoms with Crippen LogP contribution in [0.15, 0.2) is 58.2 Å². The van der Waals surface area contributed by atoms with Gasteiger partial charge in [0.05, 0.1) is 7.11 Å². The first-order valence-corrected chi connectivity index (χ1v) is 9.42. The summed E-state index contributed by atoms with van der Waals surface area (Å²) in [6.07, 6.45) is 1.06. The fraction of sp³-hybridized carbons (Fsp3) is 0.300. The Bertz CT molecular complexity index is 859. The highest BCUT2D eigenvalue weighted by Gasteiger charge is 2.34. The van der Waals surface area contributed by atoms with Crippen LogP contribution in [0, 0.1) is 0 Å². The predicted octanol–water partition coefficient (Wildman–Crippen LogP) is 3.75. The van der Waals surface area contributed by atoms with Crippen molar-refractivity contribution in [3.05, 3.63) is 69.1 Å². The highest BCUT2D eigenvalue weighted by Crippen LogP contribution is 2.49. The Morgan fingerprint density at radius 1 is 1.26 bits per heavy atom. The van der Waals surface area contributed by atoms with Gasteiger partial charge in [-0.2, -0.15) is 0 Å². The quantitative estimate of drug-likeness (QED) is 0.425. The van der Waals surface area contributed by atoms with E-state index in [2.05, 4.69) is 28.1 Å². The molecule has 142 valence electrons. The van der Waals surface area contributed by atoms with Crippen molar-refractivity contribution >= 4 is 23.0 Å². The molecule has 1 aromatic heterocycles. The lowest BCUT2D eigenvalue weighted by Gasteiger charge is -2.12. The number of carbonyl (C=O) groups excluding carboxylic acids is 1. The second kappa shape index (κ2) is 8.83. The third kappa shape index (κ3) is 4.56. The Morgan fingerprint density at radius 3 is 2.78 bits per heavy atom. The van der Waals surface area contributed by atoms with E-state index in [9.17, 15) is 4.79 Å². The van der Waals surface area contributed by atoms with Crippen molar-refractivity contribution in [1.82, 2.24) is 5.48 Å². The van der Waals surface area contributed by atoms with Crippen LogP contribution in [0.4, 0.5) is 0 Å². The maximum absolute atomic E-state index is 12.0. The van der Waals surface area contributed by atoms with Gasteiger partial charge in [-0.1, -0.05) is 35.5 Å². The van der Waals surface area contributed by atoms with Gasteiger partial charge in [-0.15, -0.1) is 11.3 Å². The van der Waals surface area contributed by atoms with Crippen molar-refractivity contribution in [2.24, 2.45) is 5.16 Å². The van der Waals surface area contributed by atoms with Crippen LogP contribution in [0.25, 0.3) is 0 Å². The van der Waals surface area contributed by atoms with Crippen LogP contribution in [0.5, 0.6) is 0 Å². The number of allylic oxidation sites excluding steroid dienone is 2. The summed E-state index contributed by atoms with van der Waals surface area (Å²) in [7, 11) is 2.70. The Kier molecular flexibility index (Phi) is 6.26. The minimum atomic E-state index is -0.563. The molecule has 1 saturated carbocycles. The van der Waals surface area contributed by atoms with Crippen molar-refractivity contribution in [2.45, 2.75) is 25.9 Å².